The maximum atomic E-state index is 13.1. The normalized spacial score (nSPS) is 11.7. The van der Waals surface area contributed by atoms with E-state index >= 15 is 0 Å². The number of halogens is 1. The van der Waals surface area contributed by atoms with E-state index in [1.54, 1.807) is 0 Å². The van der Waals surface area contributed by atoms with Gasteiger partial charge in [0.1, 0.15) is 9.85 Å². The molecule has 0 aliphatic heterocycles. The lowest BCUT2D eigenvalue weighted by Crippen LogP contribution is -2.50. The molecule has 0 aliphatic carbocycles. The first-order chi connectivity index (χ1) is 6.80. The van der Waals surface area contributed by atoms with E-state index in [2.05, 4.69) is 5.32 Å². The lowest BCUT2D eigenvalue weighted by Gasteiger charge is -2.09. The van der Waals surface area contributed by atoms with Crippen molar-refractivity contribution < 1.29 is 14.2 Å². The molecular formula is C7H14FN3O4. The molecule has 88 valence electrons. The van der Waals surface area contributed by atoms with Gasteiger partial charge in [-0.1, -0.05) is 18.2 Å². The van der Waals surface area contributed by atoms with Crippen LogP contribution in [-0.2, 0) is 0 Å². The SMILES string of the molecule is CC(C)CCNCC(F)([N+](=O)[O-])[N+](=O)[O-]. The van der Waals surface area contributed by atoms with Gasteiger partial charge in [-0.2, -0.15) is 0 Å². The highest BCUT2D eigenvalue weighted by molar-refractivity contribution is 4.58. The minimum atomic E-state index is -3.63. The standard InChI is InChI=1S/C7H14FN3O4/c1-6(2)3-4-9-5-7(8,10(12)13)11(14)15/h6,9H,3-5H2,1-2H3. The molecule has 0 aromatic rings. The average molecular weight is 223 g/mol. The van der Waals surface area contributed by atoms with E-state index in [0.717, 1.165) is 0 Å². The molecule has 0 rings (SSSR count). The molecule has 0 atom stereocenters. The van der Waals surface area contributed by atoms with Crippen LogP contribution >= 0.6 is 0 Å². The molecule has 0 saturated heterocycles. The number of hydrogen-bond donors (Lipinski definition) is 1. The van der Waals surface area contributed by atoms with Crippen LogP contribution in [0.1, 0.15) is 20.3 Å². The van der Waals surface area contributed by atoms with Crippen LogP contribution in [0.2, 0.25) is 0 Å². The van der Waals surface area contributed by atoms with E-state index in [1.807, 2.05) is 13.8 Å². The zero-order valence-electron chi connectivity index (χ0n) is 8.60. The predicted octanol–water partition coefficient (Wildman–Crippen LogP) is 0.799. The fourth-order valence-electron chi connectivity index (χ4n) is 0.834. The summed E-state index contributed by atoms with van der Waals surface area (Å²) < 4.78 is 13.1. The van der Waals surface area contributed by atoms with E-state index in [9.17, 15) is 24.6 Å². The molecule has 0 heterocycles. The molecule has 0 saturated carbocycles. The van der Waals surface area contributed by atoms with Gasteiger partial charge in [0.15, 0.2) is 6.54 Å². The molecule has 0 radical (unpaired) electrons. The highest BCUT2D eigenvalue weighted by Crippen LogP contribution is 2.11. The quantitative estimate of drug-likeness (QED) is 0.226. The Bertz CT molecular complexity index is 232. The summed E-state index contributed by atoms with van der Waals surface area (Å²) in [6, 6.07) is 0. The lowest BCUT2D eigenvalue weighted by atomic mass is 10.1. The second-order valence-corrected chi connectivity index (χ2v) is 3.59. The molecule has 0 aromatic carbocycles. The zero-order valence-corrected chi connectivity index (χ0v) is 8.60. The molecule has 0 spiro atoms. The topological polar surface area (TPSA) is 98.3 Å². The van der Waals surface area contributed by atoms with Crippen molar-refractivity contribution in [1.29, 1.82) is 0 Å². The van der Waals surface area contributed by atoms with Gasteiger partial charge < -0.3 is 5.32 Å². The first-order valence-electron chi connectivity index (χ1n) is 4.49. The van der Waals surface area contributed by atoms with Crippen LogP contribution in [-0.4, -0.2) is 28.9 Å². The van der Waals surface area contributed by atoms with E-state index in [1.165, 1.54) is 0 Å². The number of nitrogens with one attached hydrogen (secondary N) is 1. The summed E-state index contributed by atoms with van der Waals surface area (Å²) in [7, 11) is 0. The molecule has 0 bridgehead atoms. The fourth-order valence-corrected chi connectivity index (χ4v) is 0.834. The molecule has 15 heavy (non-hydrogen) atoms. The van der Waals surface area contributed by atoms with Crippen molar-refractivity contribution in [2.24, 2.45) is 5.92 Å². The van der Waals surface area contributed by atoms with Crippen LogP contribution in [0.3, 0.4) is 0 Å². The number of rotatable bonds is 7. The van der Waals surface area contributed by atoms with Crippen molar-refractivity contribution in [3.63, 3.8) is 0 Å². The third-order valence-corrected chi connectivity index (χ3v) is 1.81. The summed E-state index contributed by atoms with van der Waals surface area (Å²) in [5.41, 5.74) is 0. The van der Waals surface area contributed by atoms with Crippen molar-refractivity contribution in [1.82, 2.24) is 5.32 Å². The van der Waals surface area contributed by atoms with Crippen molar-refractivity contribution in [3.8, 4) is 0 Å². The predicted molar refractivity (Wildman–Crippen MR) is 50.2 cm³/mol. The lowest BCUT2D eigenvalue weighted by molar-refractivity contribution is -0.828. The molecule has 7 nitrogen and oxygen atoms in total. The van der Waals surface area contributed by atoms with E-state index in [0.29, 0.717) is 18.9 Å². The Hall–Kier alpha value is -1.31. The van der Waals surface area contributed by atoms with Gasteiger partial charge in [0.25, 0.3) is 0 Å². The van der Waals surface area contributed by atoms with Crippen LogP contribution in [0.15, 0.2) is 0 Å². The smallest absolute Gasteiger partial charge is 0.301 e. The minimum Gasteiger partial charge on any atom is -0.301 e. The fraction of sp³-hybridized carbons (Fsp3) is 1.00. The largest absolute Gasteiger partial charge is 0.626 e. The van der Waals surface area contributed by atoms with Gasteiger partial charge in [0, 0.05) is 0 Å². The maximum Gasteiger partial charge on any atom is 0.626 e. The summed E-state index contributed by atoms with van der Waals surface area (Å²) in [4.78, 5) is 17.2. The summed E-state index contributed by atoms with van der Waals surface area (Å²) in [5.74, 6) is -3.28. The van der Waals surface area contributed by atoms with Crippen molar-refractivity contribution >= 4 is 0 Å². The Labute approximate surface area is 86.0 Å². The molecular weight excluding hydrogens is 209 g/mol. The Morgan fingerprint density at radius 3 is 2.13 bits per heavy atom. The van der Waals surface area contributed by atoms with E-state index in [-0.39, 0.29) is 0 Å². The van der Waals surface area contributed by atoms with Crippen LogP contribution in [0.5, 0.6) is 0 Å². The molecule has 8 heteroatoms. The highest BCUT2D eigenvalue weighted by Gasteiger charge is 2.57. The molecule has 0 aromatic heterocycles. The van der Waals surface area contributed by atoms with Gasteiger partial charge >= 0.3 is 5.92 Å². The molecule has 1 N–H and O–H groups in total. The molecule has 0 amide bonds. The molecule has 0 fully saturated rings. The summed E-state index contributed by atoms with van der Waals surface area (Å²) in [6.45, 7) is 3.24. The zero-order chi connectivity index (χ0) is 12.1. The maximum absolute atomic E-state index is 13.1. The summed E-state index contributed by atoms with van der Waals surface area (Å²) in [5, 5.41) is 22.6. The van der Waals surface area contributed by atoms with E-state index < -0.39 is 22.3 Å². The van der Waals surface area contributed by atoms with Crippen molar-refractivity contribution in [3.05, 3.63) is 20.2 Å². The van der Waals surface area contributed by atoms with Crippen LogP contribution in [0, 0.1) is 26.1 Å². The second-order valence-electron chi connectivity index (χ2n) is 3.59. The van der Waals surface area contributed by atoms with E-state index in [4.69, 9.17) is 0 Å². The first-order valence-corrected chi connectivity index (χ1v) is 4.49. The minimum absolute atomic E-state index is 0.311. The van der Waals surface area contributed by atoms with Crippen molar-refractivity contribution in [2.75, 3.05) is 13.1 Å². The Kier molecular flexibility index (Phi) is 5.06. The van der Waals surface area contributed by atoms with Crippen molar-refractivity contribution in [2.45, 2.75) is 26.2 Å². The summed E-state index contributed by atoms with van der Waals surface area (Å²) in [6.07, 6.45) is 0.672. The van der Waals surface area contributed by atoms with Gasteiger partial charge in [-0.25, -0.2) is 0 Å². The van der Waals surface area contributed by atoms with Gasteiger partial charge in [-0.15, -0.1) is 0 Å². The average Bonchev–Trinajstić information content (AvgIpc) is 2.10. The van der Waals surface area contributed by atoms with Crippen LogP contribution in [0.4, 0.5) is 4.39 Å². The van der Waals surface area contributed by atoms with Gasteiger partial charge in [-0.3, -0.25) is 20.2 Å². The number of alkyl halides is 1. The molecule has 0 unspecified atom stereocenters. The van der Waals surface area contributed by atoms with Gasteiger partial charge in [0.2, 0.25) is 0 Å². The number of nitrogens with zero attached hydrogens (tertiary/aromatic N) is 2. The Balaban J connectivity index is 4.10. The van der Waals surface area contributed by atoms with Gasteiger partial charge in [0.05, 0.1) is 0 Å². The Morgan fingerprint density at radius 1 is 1.33 bits per heavy atom. The highest BCUT2D eigenvalue weighted by atomic mass is 19.2. The van der Waals surface area contributed by atoms with Crippen LogP contribution in [0.25, 0.3) is 0 Å². The second kappa shape index (κ2) is 5.54. The van der Waals surface area contributed by atoms with Gasteiger partial charge in [-0.05, 0) is 18.9 Å². The summed E-state index contributed by atoms with van der Waals surface area (Å²) >= 11 is 0. The molecule has 0 aliphatic rings. The third-order valence-electron chi connectivity index (χ3n) is 1.81. The number of hydrogen-bond acceptors (Lipinski definition) is 5. The Morgan fingerprint density at radius 2 is 1.80 bits per heavy atom. The monoisotopic (exact) mass is 223 g/mol. The van der Waals surface area contributed by atoms with Crippen LogP contribution < -0.4 is 5.32 Å². The number of nitro groups is 2. The third kappa shape index (κ3) is 4.15. The first kappa shape index (κ1) is 13.7.